The summed E-state index contributed by atoms with van der Waals surface area (Å²) in [7, 11) is 0. The number of hydrogen-bond acceptors (Lipinski definition) is 3. The van der Waals surface area contributed by atoms with E-state index in [9.17, 15) is 0 Å². The van der Waals surface area contributed by atoms with Crippen LogP contribution in [0.25, 0.3) is 10.1 Å². The third-order valence-corrected chi connectivity index (χ3v) is 3.31. The van der Waals surface area contributed by atoms with Crippen LogP contribution in [0.2, 0.25) is 0 Å². The Morgan fingerprint density at radius 2 is 2.13 bits per heavy atom. The first-order chi connectivity index (χ1) is 7.24. The van der Waals surface area contributed by atoms with E-state index in [1.54, 1.807) is 11.3 Å². The normalized spacial score (nSPS) is 12.6. The van der Waals surface area contributed by atoms with Crippen LogP contribution in [-0.4, -0.2) is 10.9 Å². The van der Waals surface area contributed by atoms with Crippen molar-refractivity contribution in [1.82, 2.24) is 0 Å². The highest BCUT2D eigenvalue weighted by molar-refractivity contribution is 7.17. The lowest BCUT2D eigenvalue weighted by Crippen LogP contribution is -2.09. The molecule has 2 rings (SSSR count). The van der Waals surface area contributed by atoms with E-state index in [0.29, 0.717) is 0 Å². The molecule has 0 bridgehead atoms. The zero-order valence-electron chi connectivity index (χ0n) is 8.77. The zero-order chi connectivity index (χ0) is 10.8. The van der Waals surface area contributed by atoms with Crippen molar-refractivity contribution in [2.45, 2.75) is 13.8 Å². The maximum absolute atomic E-state index is 9.04. The van der Waals surface area contributed by atoms with Crippen LogP contribution >= 0.6 is 11.3 Å². The van der Waals surface area contributed by atoms with Crippen LogP contribution in [0.4, 0.5) is 0 Å². The van der Waals surface area contributed by atoms with Crippen molar-refractivity contribution >= 4 is 27.1 Å². The molecule has 2 nitrogen and oxygen atoms in total. The van der Waals surface area contributed by atoms with Gasteiger partial charge in [-0.1, -0.05) is 31.1 Å². The van der Waals surface area contributed by atoms with Gasteiger partial charge in [0.2, 0.25) is 0 Å². The minimum Gasteiger partial charge on any atom is -0.411 e. The standard InChI is InChI=1S/C12H13NOS/c1-8(2)12(13-14)10-4-3-5-11-9(10)6-7-15-11/h3-8,14H,1-2H3. The van der Waals surface area contributed by atoms with Crippen molar-refractivity contribution in [2.24, 2.45) is 11.1 Å². The number of fused-ring (bicyclic) bond motifs is 1. The third-order valence-electron chi connectivity index (χ3n) is 2.43. The summed E-state index contributed by atoms with van der Waals surface area (Å²) in [6, 6.07) is 8.16. The Kier molecular flexibility index (Phi) is 2.73. The van der Waals surface area contributed by atoms with Crippen molar-refractivity contribution in [3.8, 4) is 0 Å². The third kappa shape index (κ3) is 1.75. The molecule has 0 radical (unpaired) electrons. The molecule has 0 aliphatic heterocycles. The van der Waals surface area contributed by atoms with Crippen LogP contribution < -0.4 is 0 Å². The number of rotatable bonds is 2. The van der Waals surface area contributed by atoms with Crippen LogP contribution in [0.1, 0.15) is 19.4 Å². The van der Waals surface area contributed by atoms with E-state index in [4.69, 9.17) is 5.21 Å². The van der Waals surface area contributed by atoms with Gasteiger partial charge in [-0.05, 0) is 23.4 Å². The highest BCUT2D eigenvalue weighted by Crippen LogP contribution is 2.26. The van der Waals surface area contributed by atoms with Gasteiger partial charge >= 0.3 is 0 Å². The van der Waals surface area contributed by atoms with Crippen LogP contribution in [0, 0.1) is 5.92 Å². The zero-order valence-corrected chi connectivity index (χ0v) is 9.58. The molecule has 15 heavy (non-hydrogen) atoms. The first-order valence-corrected chi connectivity index (χ1v) is 5.80. The minimum atomic E-state index is 0.223. The molecular formula is C12H13NOS. The topological polar surface area (TPSA) is 32.6 Å². The van der Waals surface area contributed by atoms with Gasteiger partial charge in [-0.3, -0.25) is 0 Å². The number of thiophene rings is 1. The molecule has 0 aliphatic rings. The molecule has 0 spiro atoms. The highest BCUT2D eigenvalue weighted by Gasteiger charge is 2.12. The second-order valence-electron chi connectivity index (χ2n) is 3.78. The lowest BCUT2D eigenvalue weighted by atomic mass is 9.97. The molecular weight excluding hydrogens is 206 g/mol. The molecule has 0 aliphatic carbocycles. The smallest absolute Gasteiger partial charge is 0.0899 e. The van der Waals surface area contributed by atoms with Gasteiger partial charge in [0.05, 0.1) is 5.71 Å². The molecule has 0 fully saturated rings. The second kappa shape index (κ2) is 4.03. The quantitative estimate of drug-likeness (QED) is 0.466. The molecule has 0 unspecified atom stereocenters. The molecule has 0 amide bonds. The van der Waals surface area contributed by atoms with Crippen molar-refractivity contribution in [1.29, 1.82) is 0 Å². The Bertz CT molecular complexity index is 499. The molecule has 1 heterocycles. The van der Waals surface area contributed by atoms with E-state index >= 15 is 0 Å². The van der Waals surface area contributed by atoms with Gasteiger partial charge in [-0.2, -0.15) is 0 Å². The summed E-state index contributed by atoms with van der Waals surface area (Å²) in [6.07, 6.45) is 0. The average molecular weight is 219 g/mol. The SMILES string of the molecule is CC(C)C(=NO)c1cccc2sccc12. The molecule has 2 aromatic rings. The predicted octanol–water partition coefficient (Wildman–Crippen LogP) is 3.74. The largest absolute Gasteiger partial charge is 0.411 e. The molecule has 1 N–H and O–H groups in total. The van der Waals surface area contributed by atoms with E-state index in [1.165, 1.54) is 10.1 Å². The molecule has 1 aromatic heterocycles. The van der Waals surface area contributed by atoms with E-state index in [-0.39, 0.29) is 5.92 Å². The van der Waals surface area contributed by atoms with Crippen LogP contribution in [0.15, 0.2) is 34.8 Å². The minimum absolute atomic E-state index is 0.223. The molecule has 78 valence electrons. The number of benzene rings is 1. The number of hydrogen-bond donors (Lipinski definition) is 1. The van der Waals surface area contributed by atoms with E-state index in [2.05, 4.69) is 22.7 Å². The van der Waals surface area contributed by atoms with Gasteiger partial charge in [0.25, 0.3) is 0 Å². The Morgan fingerprint density at radius 1 is 1.33 bits per heavy atom. The van der Waals surface area contributed by atoms with Gasteiger partial charge in [-0.15, -0.1) is 11.3 Å². The van der Waals surface area contributed by atoms with Gasteiger partial charge in [-0.25, -0.2) is 0 Å². The number of nitrogens with zero attached hydrogens (tertiary/aromatic N) is 1. The van der Waals surface area contributed by atoms with Crippen LogP contribution in [-0.2, 0) is 0 Å². The fourth-order valence-electron chi connectivity index (χ4n) is 1.70. The molecule has 0 atom stereocenters. The Morgan fingerprint density at radius 3 is 2.80 bits per heavy atom. The lowest BCUT2D eigenvalue weighted by molar-refractivity contribution is 0.316. The lowest BCUT2D eigenvalue weighted by Gasteiger charge is -2.09. The Hall–Kier alpha value is -1.35. The van der Waals surface area contributed by atoms with Gasteiger partial charge in [0, 0.05) is 15.6 Å². The predicted molar refractivity (Wildman–Crippen MR) is 65.0 cm³/mol. The van der Waals surface area contributed by atoms with Crippen molar-refractivity contribution < 1.29 is 5.21 Å². The van der Waals surface area contributed by atoms with Crippen LogP contribution in [0.3, 0.4) is 0 Å². The molecule has 3 heteroatoms. The maximum Gasteiger partial charge on any atom is 0.0899 e. The molecule has 0 saturated heterocycles. The summed E-state index contributed by atoms with van der Waals surface area (Å²) in [5.74, 6) is 0.223. The van der Waals surface area contributed by atoms with Gasteiger partial charge in [0.15, 0.2) is 0 Å². The van der Waals surface area contributed by atoms with Crippen molar-refractivity contribution in [3.05, 3.63) is 35.2 Å². The van der Waals surface area contributed by atoms with E-state index in [1.807, 2.05) is 26.0 Å². The summed E-state index contributed by atoms with van der Waals surface area (Å²) in [5.41, 5.74) is 1.78. The van der Waals surface area contributed by atoms with Crippen LogP contribution in [0.5, 0.6) is 0 Å². The average Bonchev–Trinajstić information content (AvgIpc) is 2.66. The summed E-state index contributed by atoms with van der Waals surface area (Å²) >= 11 is 1.70. The van der Waals surface area contributed by atoms with E-state index in [0.717, 1.165) is 11.3 Å². The summed E-state index contributed by atoms with van der Waals surface area (Å²) < 4.78 is 1.23. The summed E-state index contributed by atoms with van der Waals surface area (Å²) in [6.45, 7) is 4.06. The Labute approximate surface area is 92.9 Å². The number of oxime groups is 1. The highest BCUT2D eigenvalue weighted by atomic mass is 32.1. The second-order valence-corrected chi connectivity index (χ2v) is 4.73. The fourth-order valence-corrected chi connectivity index (χ4v) is 2.51. The van der Waals surface area contributed by atoms with Crippen molar-refractivity contribution in [2.75, 3.05) is 0 Å². The Balaban J connectivity index is 2.65. The molecule has 0 saturated carbocycles. The molecule has 1 aromatic carbocycles. The first-order valence-electron chi connectivity index (χ1n) is 4.92. The maximum atomic E-state index is 9.04. The fraction of sp³-hybridized carbons (Fsp3) is 0.250. The monoisotopic (exact) mass is 219 g/mol. The van der Waals surface area contributed by atoms with Gasteiger partial charge in [0.1, 0.15) is 0 Å². The summed E-state index contributed by atoms with van der Waals surface area (Å²) in [5, 5.41) is 15.7. The van der Waals surface area contributed by atoms with Gasteiger partial charge < -0.3 is 5.21 Å². The van der Waals surface area contributed by atoms with Crippen molar-refractivity contribution in [3.63, 3.8) is 0 Å². The van der Waals surface area contributed by atoms with E-state index < -0.39 is 0 Å². The summed E-state index contributed by atoms with van der Waals surface area (Å²) in [4.78, 5) is 0. The first kappa shape index (κ1) is 10.2.